The first-order valence-electron chi connectivity index (χ1n) is 5.17. The molecule has 0 bridgehead atoms. The summed E-state index contributed by atoms with van der Waals surface area (Å²) in [6.45, 7) is 3.44. The minimum atomic E-state index is -0.605. The molecule has 4 nitrogen and oxygen atoms in total. The Labute approximate surface area is 83.8 Å². The lowest BCUT2D eigenvalue weighted by Gasteiger charge is -2.22. The molecule has 2 unspecified atom stereocenters. The number of fused-ring (bicyclic) bond motifs is 1. The summed E-state index contributed by atoms with van der Waals surface area (Å²) >= 11 is 0. The van der Waals surface area contributed by atoms with E-state index in [0.717, 1.165) is 12.2 Å². The molecule has 2 heterocycles. The van der Waals surface area contributed by atoms with Crippen LogP contribution in [-0.2, 0) is 6.54 Å². The minimum Gasteiger partial charge on any atom is -0.385 e. The number of aromatic nitrogens is 2. The van der Waals surface area contributed by atoms with Crippen LogP contribution in [0.4, 0.5) is 0 Å². The van der Waals surface area contributed by atoms with Crippen molar-refractivity contribution in [3.05, 3.63) is 17.7 Å². The molecule has 1 aliphatic rings. The number of aliphatic hydroxyl groups excluding tert-OH is 1. The van der Waals surface area contributed by atoms with Gasteiger partial charge in [0.2, 0.25) is 0 Å². The maximum atomic E-state index is 9.69. The van der Waals surface area contributed by atoms with Crippen LogP contribution in [0.25, 0.3) is 0 Å². The van der Waals surface area contributed by atoms with Crippen LogP contribution >= 0.6 is 0 Å². The molecule has 2 rings (SSSR count). The van der Waals surface area contributed by atoms with Crippen LogP contribution in [0, 0.1) is 0 Å². The quantitative estimate of drug-likeness (QED) is 0.732. The number of hydrogen-bond donors (Lipinski definition) is 2. The zero-order valence-corrected chi connectivity index (χ0v) is 8.48. The zero-order chi connectivity index (χ0) is 10.1. The fraction of sp³-hybridized carbons (Fsp3) is 0.700. The fourth-order valence-corrected chi connectivity index (χ4v) is 2.19. The Bertz CT molecular complexity index is 321. The van der Waals surface area contributed by atoms with E-state index < -0.39 is 6.10 Å². The molecule has 2 atom stereocenters. The summed E-state index contributed by atoms with van der Waals surface area (Å²) in [5.74, 6) is 0.488. The Hall–Kier alpha value is -0.870. The lowest BCUT2D eigenvalue weighted by molar-refractivity contribution is 0.180. The molecule has 1 aromatic heterocycles. The summed E-state index contributed by atoms with van der Waals surface area (Å²) in [5.41, 5.74) is 7.40. The van der Waals surface area contributed by atoms with Crippen molar-refractivity contribution in [1.82, 2.24) is 9.55 Å². The molecular formula is C10H17N3O. The molecule has 3 N–H and O–H groups in total. The highest BCUT2D eigenvalue weighted by atomic mass is 16.3. The summed E-state index contributed by atoms with van der Waals surface area (Å²) in [4.78, 5) is 4.25. The Morgan fingerprint density at radius 3 is 3.29 bits per heavy atom. The van der Waals surface area contributed by atoms with Gasteiger partial charge in [-0.1, -0.05) is 6.92 Å². The normalized spacial score (nSPS) is 23.2. The zero-order valence-electron chi connectivity index (χ0n) is 8.48. The van der Waals surface area contributed by atoms with Gasteiger partial charge in [0.05, 0.1) is 12.0 Å². The number of aryl methyl sites for hydroxylation is 1. The number of nitrogens with zero attached hydrogens (tertiary/aromatic N) is 2. The molecule has 0 aromatic carbocycles. The summed E-state index contributed by atoms with van der Waals surface area (Å²) in [7, 11) is 0. The molecule has 0 spiro atoms. The van der Waals surface area contributed by atoms with Gasteiger partial charge in [-0.3, -0.25) is 0 Å². The van der Waals surface area contributed by atoms with E-state index in [1.54, 1.807) is 0 Å². The first-order chi connectivity index (χ1) is 6.74. The van der Waals surface area contributed by atoms with Crippen molar-refractivity contribution < 1.29 is 5.11 Å². The van der Waals surface area contributed by atoms with Crippen molar-refractivity contribution in [2.45, 2.75) is 38.3 Å². The Balaban J connectivity index is 2.38. The molecule has 0 saturated heterocycles. The van der Waals surface area contributed by atoms with Crippen molar-refractivity contribution in [3.63, 3.8) is 0 Å². The molecule has 14 heavy (non-hydrogen) atoms. The van der Waals surface area contributed by atoms with Crippen LogP contribution in [-0.4, -0.2) is 21.2 Å². The minimum absolute atomic E-state index is 0.247. The van der Waals surface area contributed by atoms with Gasteiger partial charge < -0.3 is 15.4 Å². The van der Waals surface area contributed by atoms with Crippen molar-refractivity contribution in [2.24, 2.45) is 5.73 Å². The monoisotopic (exact) mass is 195 g/mol. The standard InChI is InChI=1S/C10H17N3O/c1-7-3-2-4-13-6-12-9(10(7)13)8(14)5-11/h6-8,14H,2-5,11H2,1H3. The third kappa shape index (κ3) is 1.44. The average Bonchev–Trinajstić information content (AvgIpc) is 2.62. The van der Waals surface area contributed by atoms with Crippen molar-refractivity contribution >= 4 is 0 Å². The van der Waals surface area contributed by atoms with Gasteiger partial charge >= 0.3 is 0 Å². The summed E-state index contributed by atoms with van der Waals surface area (Å²) < 4.78 is 2.14. The lowest BCUT2D eigenvalue weighted by Crippen LogP contribution is -2.18. The van der Waals surface area contributed by atoms with Crippen LogP contribution < -0.4 is 5.73 Å². The van der Waals surface area contributed by atoms with Crippen molar-refractivity contribution in [2.75, 3.05) is 6.54 Å². The van der Waals surface area contributed by atoms with E-state index in [9.17, 15) is 5.11 Å². The molecule has 0 radical (unpaired) electrons. The second-order valence-electron chi connectivity index (χ2n) is 4.00. The van der Waals surface area contributed by atoms with E-state index in [-0.39, 0.29) is 6.54 Å². The Kier molecular flexibility index (Phi) is 2.56. The third-order valence-electron chi connectivity index (χ3n) is 2.95. The van der Waals surface area contributed by atoms with Crippen molar-refractivity contribution in [1.29, 1.82) is 0 Å². The summed E-state index contributed by atoms with van der Waals surface area (Å²) in [6, 6.07) is 0. The van der Waals surface area contributed by atoms with Crippen LogP contribution in [0.5, 0.6) is 0 Å². The molecule has 0 amide bonds. The van der Waals surface area contributed by atoms with Crippen LogP contribution in [0.3, 0.4) is 0 Å². The lowest BCUT2D eigenvalue weighted by atomic mass is 9.95. The van der Waals surface area contributed by atoms with Crippen molar-refractivity contribution in [3.8, 4) is 0 Å². The van der Waals surface area contributed by atoms with Crippen LogP contribution in [0.2, 0.25) is 0 Å². The Morgan fingerprint density at radius 2 is 2.57 bits per heavy atom. The van der Waals surface area contributed by atoms with Gasteiger partial charge in [-0.25, -0.2) is 4.98 Å². The van der Waals surface area contributed by atoms with E-state index in [0.29, 0.717) is 5.92 Å². The van der Waals surface area contributed by atoms with Crippen LogP contribution in [0.1, 0.15) is 43.2 Å². The smallest absolute Gasteiger partial charge is 0.110 e. The van der Waals surface area contributed by atoms with Gasteiger partial charge in [-0.2, -0.15) is 0 Å². The number of rotatable bonds is 2. The van der Waals surface area contributed by atoms with Gasteiger partial charge in [0.25, 0.3) is 0 Å². The van der Waals surface area contributed by atoms with Crippen LogP contribution in [0.15, 0.2) is 6.33 Å². The summed E-state index contributed by atoms with van der Waals surface area (Å²) in [6.07, 6.45) is 3.59. The number of imidazole rings is 1. The molecule has 78 valence electrons. The highest BCUT2D eigenvalue weighted by Gasteiger charge is 2.24. The van der Waals surface area contributed by atoms with Gasteiger partial charge in [-0.05, 0) is 18.8 Å². The number of aliphatic hydroxyl groups is 1. The van der Waals surface area contributed by atoms with E-state index in [1.807, 2.05) is 6.33 Å². The topological polar surface area (TPSA) is 64.1 Å². The third-order valence-corrected chi connectivity index (χ3v) is 2.95. The van der Waals surface area contributed by atoms with Gasteiger partial charge in [0, 0.05) is 18.8 Å². The maximum absolute atomic E-state index is 9.69. The predicted molar refractivity (Wildman–Crippen MR) is 53.9 cm³/mol. The van der Waals surface area contributed by atoms with Gasteiger partial charge in [0.1, 0.15) is 6.10 Å². The second-order valence-corrected chi connectivity index (χ2v) is 4.00. The second kappa shape index (κ2) is 3.71. The first kappa shape index (κ1) is 9.68. The molecule has 1 aromatic rings. The molecular weight excluding hydrogens is 178 g/mol. The summed E-state index contributed by atoms with van der Waals surface area (Å²) in [5, 5.41) is 9.69. The van der Waals surface area contributed by atoms with E-state index in [2.05, 4.69) is 16.5 Å². The highest BCUT2D eigenvalue weighted by molar-refractivity contribution is 5.21. The predicted octanol–water partition coefficient (Wildman–Crippen LogP) is 0.773. The molecule has 0 saturated carbocycles. The molecule has 0 fully saturated rings. The number of nitrogens with two attached hydrogens (primary N) is 1. The maximum Gasteiger partial charge on any atom is 0.110 e. The molecule has 0 aliphatic carbocycles. The largest absolute Gasteiger partial charge is 0.385 e. The highest BCUT2D eigenvalue weighted by Crippen LogP contribution is 2.31. The number of hydrogen-bond acceptors (Lipinski definition) is 3. The fourth-order valence-electron chi connectivity index (χ4n) is 2.19. The molecule has 1 aliphatic heterocycles. The average molecular weight is 195 g/mol. The van der Waals surface area contributed by atoms with Gasteiger partial charge in [0.15, 0.2) is 0 Å². The Morgan fingerprint density at radius 1 is 1.79 bits per heavy atom. The SMILES string of the molecule is CC1CCCn2cnc(C(O)CN)c21. The van der Waals surface area contributed by atoms with E-state index in [4.69, 9.17) is 5.73 Å². The van der Waals surface area contributed by atoms with E-state index >= 15 is 0 Å². The van der Waals surface area contributed by atoms with Gasteiger partial charge in [-0.15, -0.1) is 0 Å². The molecule has 4 heteroatoms. The first-order valence-corrected chi connectivity index (χ1v) is 5.17. The van der Waals surface area contributed by atoms with E-state index in [1.165, 1.54) is 18.5 Å².